The van der Waals surface area contributed by atoms with Crippen molar-refractivity contribution in [1.29, 1.82) is 0 Å². The van der Waals surface area contributed by atoms with Crippen LogP contribution in [0.15, 0.2) is 0 Å². The van der Waals surface area contributed by atoms with E-state index in [4.69, 9.17) is 4.52 Å². The monoisotopic (exact) mass is 505 g/mol. The molecule has 0 aromatic rings. The summed E-state index contributed by atoms with van der Waals surface area (Å²) >= 11 is 0. The average molecular weight is 506 g/mol. The maximum absolute atomic E-state index is 11.2. The van der Waals surface area contributed by atoms with Crippen LogP contribution in [0.5, 0.6) is 0 Å². The van der Waals surface area contributed by atoms with Crippen LogP contribution in [0.2, 0.25) is 0 Å². The topological polar surface area (TPSA) is 72.4 Å². The number of hydrogen-bond donors (Lipinski definition) is 0. The molecule has 0 aliphatic heterocycles. The Labute approximate surface area is 245 Å². The molecule has 0 amide bonds. The number of rotatable bonds is 7. The van der Waals surface area contributed by atoms with Gasteiger partial charge in [-0.3, -0.25) is 0 Å². The van der Waals surface area contributed by atoms with Crippen molar-refractivity contribution in [3.8, 4) is 0 Å². The van der Waals surface area contributed by atoms with Crippen LogP contribution in [-0.4, -0.2) is 6.10 Å². The first-order chi connectivity index (χ1) is 14.9. The third-order valence-corrected chi connectivity index (χ3v) is 11.7. The van der Waals surface area contributed by atoms with Crippen molar-refractivity contribution in [3.05, 3.63) is 0 Å². The summed E-state index contributed by atoms with van der Waals surface area (Å²) in [6, 6.07) is 0. The molecule has 9 atom stereocenters. The zero-order valence-electron chi connectivity index (χ0n) is 22.2. The molecule has 4 fully saturated rings. The maximum atomic E-state index is 11.2. The second kappa shape index (κ2) is 11.2. The Hall–Kier alpha value is 1.75. The van der Waals surface area contributed by atoms with E-state index in [2.05, 4.69) is 34.6 Å². The molecule has 4 saturated carbocycles. The van der Waals surface area contributed by atoms with Gasteiger partial charge in [0.1, 0.15) is 0 Å². The second-order valence-corrected chi connectivity index (χ2v) is 14.2. The molecule has 0 N–H and O–H groups in total. The summed E-state index contributed by atoms with van der Waals surface area (Å²) in [6.45, 7) is 12.4. The fourth-order valence-electron chi connectivity index (χ4n) is 9.52. The molecule has 0 saturated heterocycles. The Morgan fingerprint density at radius 1 is 0.909 bits per heavy atom. The van der Waals surface area contributed by atoms with Gasteiger partial charge in [0.15, 0.2) is 0 Å². The van der Waals surface area contributed by atoms with E-state index < -0.39 is 7.82 Å². The summed E-state index contributed by atoms with van der Waals surface area (Å²) in [6.07, 6.45) is 14.3. The maximum Gasteiger partial charge on any atom is 1.00 e. The Bertz CT molecular complexity index is 710. The molecule has 0 unspecified atom stereocenters. The minimum Gasteiger partial charge on any atom is -0.790 e. The van der Waals surface area contributed by atoms with E-state index in [1.165, 1.54) is 57.8 Å². The van der Waals surface area contributed by atoms with Gasteiger partial charge in [0.2, 0.25) is 0 Å². The van der Waals surface area contributed by atoms with Gasteiger partial charge in [-0.15, -0.1) is 0 Å². The van der Waals surface area contributed by atoms with E-state index in [1.54, 1.807) is 0 Å². The molecule has 4 nitrogen and oxygen atoms in total. The Morgan fingerprint density at radius 2 is 1.58 bits per heavy atom. The number of phosphoric ester groups is 1. The standard InChI is InChI=1S/C27H49O4P.K/c1-18(2)7-6-8-19(3)23-11-12-24-22-10-9-20-17-21(31-32(28,29)30)13-15-26(20,4)25(22)14-16-27(23,24)5;/h18-25H,6-17H2,1-5H3,(H2,28,29,30);/q;+1/p-2/t19-,20+,21-,22+,23-,24+,25+,26+,27-;/m1./s1. The molecule has 0 heterocycles. The van der Waals surface area contributed by atoms with E-state index in [9.17, 15) is 14.4 Å². The molecule has 0 spiro atoms. The molecule has 33 heavy (non-hydrogen) atoms. The van der Waals surface area contributed by atoms with Crippen molar-refractivity contribution >= 4 is 7.82 Å². The summed E-state index contributed by atoms with van der Waals surface area (Å²) in [5.74, 6) is 5.52. The Kier molecular flexibility index (Phi) is 9.98. The minimum absolute atomic E-state index is 0. The van der Waals surface area contributed by atoms with Gasteiger partial charge in [-0.25, -0.2) is 0 Å². The van der Waals surface area contributed by atoms with Crippen LogP contribution in [0.25, 0.3) is 0 Å². The van der Waals surface area contributed by atoms with E-state index in [-0.39, 0.29) is 57.5 Å². The second-order valence-electron chi connectivity index (χ2n) is 13.1. The Morgan fingerprint density at radius 3 is 2.24 bits per heavy atom. The van der Waals surface area contributed by atoms with Gasteiger partial charge in [0.25, 0.3) is 0 Å². The van der Waals surface area contributed by atoms with Crippen LogP contribution in [0.3, 0.4) is 0 Å². The normalized spacial score (nSPS) is 43.9. The summed E-state index contributed by atoms with van der Waals surface area (Å²) in [5, 5.41) is 0. The van der Waals surface area contributed by atoms with Crippen LogP contribution in [-0.2, 0) is 9.09 Å². The van der Waals surface area contributed by atoms with Crippen LogP contribution in [0, 0.1) is 52.3 Å². The molecule has 186 valence electrons. The molecule has 0 aromatic carbocycles. The van der Waals surface area contributed by atoms with Gasteiger partial charge in [0.05, 0.1) is 13.9 Å². The quantitative estimate of drug-likeness (QED) is 0.393. The average Bonchev–Trinajstić information content (AvgIpc) is 3.04. The van der Waals surface area contributed by atoms with Gasteiger partial charge >= 0.3 is 51.4 Å². The summed E-state index contributed by atoms with van der Waals surface area (Å²) in [4.78, 5) is 22.3. The SMILES string of the molecule is CC(C)CCC[C@@H](C)[C@H]1CC[C@H]2[C@@H]3CC[C@H]4C[C@H](OP(=O)([O-])[O-])CC[C@]4(C)[C@H]3CC[C@]12C.[K+]. The van der Waals surface area contributed by atoms with Crippen molar-refractivity contribution in [1.82, 2.24) is 0 Å². The van der Waals surface area contributed by atoms with Crippen molar-refractivity contribution in [2.24, 2.45) is 52.3 Å². The molecule has 4 rings (SSSR count). The molecule has 0 radical (unpaired) electrons. The molecule has 0 bridgehead atoms. The summed E-state index contributed by atoms with van der Waals surface area (Å²) in [5.41, 5.74) is 0.806. The summed E-state index contributed by atoms with van der Waals surface area (Å²) < 4.78 is 16.1. The van der Waals surface area contributed by atoms with Crippen molar-refractivity contribution < 1.29 is 70.3 Å². The van der Waals surface area contributed by atoms with Gasteiger partial charge in [-0.2, -0.15) is 0 Å². The number of phosphoric acid groups is 1. The van der Waals surface area contributed by atoms with Gasteiger partial charge < -0.3 is 18.9 Å². The van der Waals surface area contributed by atoms with Gasteiger partial charge in [-0.1, -0.05) is 53.9 Å². The van der Waals surface area contributed by atoms with Crippen LogP contribution >= 0.6 is 7.82 Å². The molecule has 6 heteroatoms. The first kappa shape index (κ1) is 29.3. The molecular formula is C27H47KO4P-. The smallest absolute Gasteiger partial charge is 0.790 e. The van der Waals surface area contributed by atoms with E-state index in [0.29, 0.717) is 16.7 Å². The predicted molar refractivity (Wildman–Crippen MR) is 126 cm³/mol. The first-order valence-electron chi connectivity index (χ1n) is 13.6. The van der Waals surface area contributed by atoms with Crippen molar-refractivity contribution in [2.75, 3.05) is 0 Å². The van der Waals surface area contributed by atoms with Crippen molar-refractivity contribution in [3.63, 3.8) is 0 Å². The summed E-state index contributed by atoms with van der Waals surface area (Å²) in [7, 11) is -4.89. The van der Waals surface area contributed by atoms with Crippen LogP contribution in [0.1, 0.15) is 112 Å². The van der Waals surface area contributed by atoms with E-state index >= 15 is 0 Å². The van der Waals surface area contributed by atoms with Crippen LogP contribution in [0.4, 0.5) is 0 Å². The van der Waals surface area contributed by atoms with E-state index in [0.717, 1.165) is 54.8 Å². The van der Waals surface area contributed by atoms with Gasteiger partial charge in [0, 0.05) is 0 Å². The number of hydrogen-bond acceptors (Lipinski definition) is 4. The zero-order valence-corrected chi connectivity index (χ0v) is 26.2. The Balaban J connectivity index is 0.00000306. The fourth-order valence-corrected chi connectivity index (χ4v) is 10.1. The van der Waals surface area contributed by atoms with Gasteiger partial charge in [-0.05, 0) is 110 Å². The van der Waals surface area contributed by atoms with E-state index in [1.807, 2.05) is 0 Å². The fraction of sp³-hybridized carbons (Fsp3) is 1.00. The minimum atomic E-state index is -4.89. The first-order valence-corrected chi connectivity index (χ1v) is 15.1. The van der Waals surface area contributed by atoms with Crippen LogP contribution < -0.4 is 61.2 Å². The predicted octanol–water partition coefficient (Wildman–Crippen LogP) is 3.33. The molecule has 0 aromatic heterocycles. The third-order valence-electron chi connectivity index (χ3n) is 11.1. The third kappa shape index (κ3) is 6.09. The largest absolute Gasteiger partial charge is 1.00 e. The molecule has 4 aliphatic carbocycles. The number of fused-ring (bicyclic) bond motifs is 5. The molecule has 4 aliphatic rings. The van der Waals surface area contributed by atoms with Crippen molar-refractivity contribution in [2.45, 2.75) is 118 Å². The molecular weight excluding hydrogens is 458 g/mol. The zero-order chi connectivity index (χ0) is 23.3.